The van der Waals surface area contributed by atoms with Gasteiger partial charge < -0.3 is 19.3 Å². The lowest BCUT2D eigenvalue weighted by Crippen LogP contribution is -2.34. The van der Waals surface area contributed by atoms with Crippen LogP contribution in [0.4, 0.5) is 0 Å². The number of hydrogen-bond acceptors (Lipinski definition) is 4. The fourth-order valence-electron chi connectivity index (χ4n) is 1.97. The first kappa shape index (κ1) is 12.6. The maximum absolute atomic E-state index is 12.1. The van der Waals surface area contributed by atoms with E-state index in [0.717, 1.165) is 25.8 Å². The smallest absolute Gasteiger partial charge is 0.338 e. The lowest BCUT2D eigenvalue weighted by atomic mass is 10.3. The molecule has 1 aromatic rings. The molecule has 1 amide bonds. The van der Waals surface area contributed by atoms with E-state index in [2.05, 4.69) is 4.90 Å². The van der Waals surface area contributed by atoms with E-state index in [9.17, 15) is 9.59 Å². The van der Waals surface area contributed by atoms with Crippen LogP contribution in [-0.2, 0) is 0 Å². The summed E-state index contributed by atoms with van der Waals surface area (Å²) in [5.41, 5.74) is 0.00490. The summed E-state index contributed by atoms with van der Waals surface area (Å²) in [4.78, 5) is 26.7. The Morgan fingerprint density at radius 1 is 1.28 bits per heavy atom. The second-order valence-electron chi connectivity index (χ2n) is 4.45. The van der Waals surface area contributed by atoms with Gasteiger partial charge in [-0.2, -0.15) is 0 Å². The Bertz CT molecular complexity index is 455. The predicted octanol–water partition coefficient (Wildman–Crippen LogP) is 0.755. The van der Waals surface area contributed by atoms with Crippen LogP contribution in [0.15, 0.2) is 16.7 Å². The van der Waals surface area contributed by atoms with Gasteiger partial charge in [0.25, 0.3) is 5.91 Å². The highest BCUT2D eigenvalue weighted by atomic mass is 16.4. The number of carboxylic acids is 1. The highest BCUT2D eigenvalue weighted by Crippen LogP contribution is 2.12. The van der Waals surface area contributed by atoms with Crippen molar-refractivity contribution < 1.29 is 19.1 Å². The van der Waals surface area contributed by atoms with Gasteiger partial charge in [0.1, 0.15) is 6.26 Å². The minimum Gasteiger partial charge on any atom is -0.478 e. The number of aromatic carboxylic acids is 1. The molecule has 1 aromatic heterocycles. The van der Waals surface area contributed by atoms with Gasteiger partial charge in [0.05, 0.1) is 5.56 Å². The minimum atomic E-state index is -1.09. The minimum absolute atomic E-state index is 0.00490. The summed E-state index contributed by atoms with van der Waals surface area (Å²) in [6, 6.07) is 1.28. The van der Waals surface area contributed by atoms with Crippen LogP contribution in [0, 0.1) is 0 Å². The van der Waals surface area contributed by atoms with Crippen LogP contribution in [0.2, 0.25) is 0 Å². The summed E-state index contributed by atoms with van der Waals surface area (Å²) in [5.74, 6) is -1.23. The first-order chi connectivity index (χ1) is 8.58. The number of carboxylic acid groups (broad SMARTS) is 1. The highest BCUT2D eigenvalue weighted by Gasteiger charge is 2.22. The Hall–Kier alpha value is -1.82. The van der Waals surface area contributed by atoms with Gasteiger partial charge in [-0.05, 0) is 20.0 Å². The molecule has 1 aliphatic heterocycles. The van der Waals surface area contributed by atoms with E-state index in [1.165, 1.54) is 6.07 Å². The predicted molar refractivity (Wildman–Crippen MR) is 63.7 cm³/mol. The van der Waals surface area contributed by atoms with Crippen molar-refractivity contribution in [1.82, 2.24) is 9.80 Å². The van der Waals surface area contributed by atoms with E-state index in [4.69, 9.17) is 9.52 Å². The molecule has 6 heteroatoms. The van der Waals surface area contributed by atoms with Crippen molar-refractivity contribution in [1.29, 1.82) is 0 Å². The summed E-state index contributed by atoms with van der Waals surface area (Å²) < 4.78 is 5.02. The summed E-state index contributed by atoms with van der Waals surface area (Å²) in [6.07, 6.45) is 2.01. The van der Waals surface area contributed by atoms with Gasteiger partial charge in [0, 0.05) is 25.7 Å². The Morgan fingerprint density at radius 3 is 2.72 bits per heavy atom. The van der Waals surface area contributed by atoms with Gasteiger partial charge in [0.15, 0.2) is 5.76 Å². The molecule has 1 fully saturated rings. The number of likely N-dealkylation sites (N-methyl/N-ethyl adjacent to an activating group) is 1. The first-order valence-electron chi connectivity index (χ1n) is 5.87. The van der Waals surface area contributed by atoms with Crippen LogP contribution in [0.25, 0.3) is 0 Å². The van der Waals surface area contributed by atoms with Gasteiger partial charge in [-0.25, -0.2) is 4.79 Å². The lowest BCUT2D eigenvalue weighted by Gasteiger charge is -2.18. The third-order valence-electron chi connectivity index (χ3n) is 3.06. The molecule has 0 spiro atoms. The summed E-state index contributed by atoms with van der Waals surface area (Å²) in [7, 11) is 2.02. The summed E-state index contributed by atoms with van der Waals surface area (Å²) in [6.45, 7) is 3.09. The lowest BCUT2D eigenvalue weighted by molar-refractivity contribution is 0.0694. The molecule has 0 aromatic carbocycles. The van der Waals surface area contributed by atoms with Gasteiger partial charge >= 0.3 is 5.97 Å². The van der Waals surface area contributed by atoms with E-state index in [-0.39, 0.29) is 17.2 Å². The van der Waals surface area contributed by atoms with Gasteiger partial charge in [-0.3, -0.25) is 4.79 Å². The van der Waals surface area contributed by atoms with Crippen LogP contribution in [-0.4, -0.2) is 60.0 Å². The fourth-order valence-corrected chi connectivity index (χ4v) is 1.97. The third kappa shape index (κ3) is 2.70. The average molecular weight is 252 g/mol. The van der Waals surface area contributed by atoms with Crippen molar-refractivity contribution in [2.75, 3.05) is 33.2 Å². The average Bonchev–Trinajstić information content (AvgIpc) is 2.73. The first-order valence-corrected chi connectivity index (χ1v) is 5.87. The number of rotatable bonds is 2. The van der Waals surface area contributed by atoms with Crippen LogP contribution < -0.4 is 0 Å². The molecule has 0 bridgehead atoms. The number of amides is 1. The molecule has 2 rings (SSSR count). The molecule has 1 saturated heterocycles. The Morgan fingerprint density at radius 2 is 2.06 bits per heavy atom. The maximum atomic E-state index is 12.1. The van der Waals surface area contributed by atoms with Crippen LogP contribution in [0.3, 0.4) is 0 Å². The van der Waals surface area contributed by atoms with E-state index < -0.39 is 5.97 Å². The molecule has 0 unspecified atom stereocenters. The van der Waals surface area contributed by atoms with E-state index in [1.807, 2.05) is 7.05 Å². The van der Waals surface area contributed by atoms with E-state index >= 15 is 0 Å². The van der Waals surface area contributed by atoms with E-state index in [1.54, 1.807) is 4.90 Å². The van der Waals surface area contributed by atoms with Crippen molar-refractivity contribution >= 4 is 11.9 Å². The molecule has 6 nitrogen and oxygen atoms in total. The van der Waals surface area contributed by atoms with Crippen molar-refractivity contribution in [2.24, 2.45) is 0 Å². The van der Waals surface area contributed by atoms with Gasteiger partial charge in [-0.15, -0.1) is 0 Å². The molecule has 18 heavy (non-hydrogen) atoms. The maximum Gasteiger partial charge on any atom is 0.338 e. The molecule has 1 N–H and O–H groups in total. The molecule has 1 aliphatic rings. The third-order valence-corrected chi connectivity index (χ3v) is 3.06. The molecular formula is C12H16N2O4. The number of carbonyl (C=O) groups excluding carboxylic acids is 1. The molecule has 2 heterocycles. The van der Waals surface area contributed by atoms with Crippen LogP contribution in [0.1, 0.15) is 27.3 Å². The number of carbonyl (C=O) groups is 2. The van der Waals surface area contributed by atoms with Crippen molar-refractivity contribution in [2.45, 2.75) is 6.42 Å². The topological polar surface area (TPSA) is 74.0 Å². The highest BCUT2D eigenvalue weighted by molar-refractivity contribution is 5.95. The zero-order valence-electron chi connectivity index (χ0n) is 10.3. The Labute approximate surface area is 105 Å². The summed E-state index contributed by atoms with van der Waals surface area (Å²) >= 11 is 0. The molecule has 0 radical (unpaired) electrons. The van der Waals surface area contributed by atoms with Gasteiger partial charge in [-0.1, -0.05) is 0 Å². The number of hydrogen-bond donors (Lipinski definition) is 1. The molecular weight excluding hydrogens is 236 g/mol. The zero-order chi connectivity index (χ0) is 13.1. The summed E-state index contributed by atoms with van der Waals surface area (Å²) in [5, 5.41) is 8.78. The monoisotopic (exact) mass is 252 g/mol. The molecule has 0 atom stereocenters. The molecule has 0 saturated carbocycles. The fraction of sp³-hybridized carbons (Fsp3) is 0.500. The SMILES string of the molecule is CN1CCCN(C(=O)c2cc(C(=O)O)co2)CC1. The zero-order valence-corrected chi connectivity index (χ0v) is 10.3. The normalized spacial score (nSPS) is 17.5. The largest absolute Gasteiger partial charge is 0.478 e. The van der Waals surface area contributed by atoms with Crippen molar-refractivity contribution in [3.8, 4) is 0 Å². The Balaban J connectivity index is 2.07. The number of nitrogens with zero attached hydrogens (tertiary/aromatic N) is 2. The Kier molecular flexibility index (Phi) is 3.66. The van der Waals surface area contributed by atoms with Crippen molar-refractivity contribution in [3.05, 3.63) is 23.7 Å². The van der Waals surface area contributed by atoms with E-state index in [0.29, 0.717) is 13.1 Å². The molecule has 0 aliphatic carbocycles. The second-order valence-corrected chi connectivity index (χ2v) is 4.45. The van der Waals surface area contributed by atoms with Crippen molar-refractivity contribution in [3.63, 3.8) is 0 Å². The standard InChI is InChI=1S/C12H16N2O4/c1-13-3-2-4-14(6-5-13)11(15)10-7-9(8-18-10)12(16)17/h7-8H,2-6H2,1H3,(H,16,17). The van der Waals surface area contributed by atoms with Crippen LogP contribution >= 0.6 is 0 Å². The molecule has 98 valence electrons. The second kappa shape index (κ2) is 5.22. The van der Waals surface area contributed by atoms with Crippen LogP contribution in [0.5, 0.6) is 0 Å². The quantitative estimate of drug-likeness (QED) is 0.841. The number of furan rings is 1. The van der Waals surface area contributed by atoms with Gasteiger partial charge in [0.2, 0.25) is 0 Å².